The Kier molecular flexibility index (Phi) is 10.1. The average Bonchev–Trinajstić information content (AvgIpc) is 3.28. The Labute approximate surface area is 211 Å². The molecule has 2 aliphatic rings. The summed E-state index contributed by atoms with van der Waals surface area (Å²) in [5.74, 6) is -0.379. The molecule has 1 aromatic rings. The normalized spacial score (nSPS) is 16.7. The van der Waals surface area contributed by atoms with Crippen molar-refractivity contribution in [3.8, 4) is 0 Å². The number of methoxy groups -OCH3 is 1. The highest BCUT2D eigenvalue weighted by Crippen LogP contribution is 2.24. The number of hydrogen-bond acceptors (Lipinski definition) is 10. The zero-order chi connectivity index (χ0) is 26.2. The minimum Gasteiger partial charge on any atom is -0.465 e. The van der Waals surface area contributed by atoms with E-state index in [0.29, 0.717) is 31.1 Å². The molecule has 1 N–H and O–H groups in total. The van der Waals surface area contributed by atoms with Crippen LogP contribution in [0, 0.1) is 0 Å². The average molecular weight is 514 g/mol. The molecule has 35 heavy (non-hydrogen) atoms. The minimum atomic E-state index is -0.487. The first-order chi connectivity index (χ1) is 16.3. The number of rotatable bonds is 2. The van der Waals surface area contributed by atoms with Crippen LogP contribution in [0.5, 0.6) is 0 Å². The Morgan fingerprint density at radius 1 is 0.857 bits per heavy atom. The molecule has 2 amide bonds. The van der Waals surface area contributed by atoms with E-state index >= 15 is 0 Å². The number of carbonyl (C=O) groups excluding carboxylic acids is 3. The minimum absolute atomic E-state index is 0.200. The van der Waals surface area contributed by atoms with Crippen LogP contribution >= 0.6 is 11.3 Å². The molecule has 12 heteroatoms. The monoisotopic (exact) mass is 513 g/mol. The molecule has 0 unspecified atom stereocenters. The Morgan fingerprint density at radius 3 is 1.80 bits per heavy atom. The number of ether oxygens (including phenoxy) is 3. The van der Waals surface area contributed by atoms with E-state index in [-0.39, 0.29) is 23.8 Å². The van der Waals surface area contributed by atoms with E-state index in [1.807, 2.05) is 41.5 Å². The van der Waals surface area contributed by atoms with Gasteiger partial charge in [0, 0.05) is 52.4 Å². The van der Waals surface area contributed by atoms with Crippen molar-refractivity contribution < 1.29 is 28.6 Å². The van der Waals surface area contributed by atoms with Crippen molar-refractivity contribution >= 4 is 34.6 Å². The largest absolute Gasteiger partial charge is 0.465 e. The first kappa shape index (κ1) is 28.6. The maximum Gasteiger partial charge on any atom is 0.410 e. The van der Waals surface area contributed by atoms with Crippen molar-refractivity contribution in [2.45, 2.75) is 52.7 Å². The summed E-state index contributed by atoms with van der Waals surface area (Å²) in [4.78, 5) is 45.1. The van der Waals surface area contributed by atoms with Gasteiger partial charge in [0.1, 0.15) is 16.1 Å². The van der Waals surface area contributed by atoms with Crippen LogP contribution in [0.4, 0.5) is 14.7 Å². The summed E-state index contributed by atoms with van der Waals surface area (Å²) < 4.78 is 15.3. The van der Waals surface area contributed by atoms with Crippen molar-refractivity contribution in [2.24, 2.45) is 0 Å². The highest BCUT2D eigenvalue weighted by molar-refractivity contribution is 7.17. The van der Waals surface area contributed by atoms with E-state index in [1.165, 1.54) is 24.6 Å². The zero-order valence-electron chi connectivity index (χ0n) is 21.9. The molecule has 3 heterocycles. The molecule has 0 aromatic carbocycles. The van der Waals surface area contributed by atoms with Gasteiger partial charge in [-0.05, 0) is 41.5 Å². The van der Waals surface area contributed by atoms with Gasteiger partial charge < -0.3 is 34.2 Å². The maximum atomic E-state index is 12.0. The number of thiazole rings is 1. The van der Waals surface area contributed by atoms with Gasteiger partial charge in [0.15, 0.2) is 5.13 Å². The first-order valence-electron chi connectivity index (χ1n) is 11.7. The fraction of sp³-hybridized carbons (Fsp3) is 0.739. The summed E-state index contributed by atoms with van der Waals surface area (Å²) >= 11 is 1.30. The van der Waals surface area contributed by atoms with Crippen LogP contribution in [0.3, 0.4) is 0 Å². The number of hydrogen-bond donors (Lipinski definition) is 1. The number of carbonyl (C=O) groups is 3. The topological polar surface area (TPSA) is 114 Å². The predicted molar refractivity (Wildman–Crippen MR) is 134 cm³/mol. The van der Waals surface area contributed by atoms with Gasteiger partial charge in [0.25, 0.3) is 0 Å². The van der Waals surface area contributed by atoms with Crippen molar-refractivity contribution in [1.82, 2.24) is 20.1 Å². The second kappa shape index (κ2) is 12.4. The predicted octanol–water partition coefficient (Wildman–Crippen LogP) is 2.81. The molecule has 0 saturated carbocycles. The van der Waals surface area contributed by atoms with Gasteiger partial charge in [0.05, 0.1) is 13.3 Å². The Balaban J connectivity index is 0.000000283. The van der Waals surface area contributed by atoms with Crippen LogP contribution in [-0.4, -0.2) is 104 Å². The maximum absolute atomic E-state index is 12.0. The third-order valence-electron chi connectivity index (χ3n) is 4.85. The molecule has 2 saturated heterocycles. The molecular weight excluding hydrogens is 474 g/mol. The smallest absolute Gasteiger partial charge is 0.410 e. The lowest BCUT2D eigenvalue weighted by atomic mass is 10.2. The van der Waals surface area contributed by atoms with E-state index in [1.54, 1.807) is 9.80 Å². The van der Waals surface area contributed by atoms with E-state index < -0.39 is 5.60 Å². The lowest BCUT2D eigenvalue weighted by molar-refractivity contribution is 0.0223. The van der Waals surface area contributed by atoms with Gasteiger partial charge in [-0.25, -0.2) is 19.4 Å². The Hall–Kier alpha value is -2.60. The summed E-state index contributed by atoms with van der Waals surface area (Å²) in [6.07, 6.45) is 1.03. The van der Waals surface area contributed by atoms with Crippen molar-refractivity contribution in [1.29, 1.82) is 0 Å². The zero-order valence-corrected chi connectivity index (χ0v) is 22.7. The molecule has 0 spiro atoms. The highest BCUT2D eigenvalue weighted by Gasteiger charge is 2.27. The third-order valence-corrected chi connectivity index (χ3v) is 5.89. The van der Waals surface area contributed by atoms with Crippen molar-refractivity contribution in [2.75, 3.05) is 64.4 Å². The number of esters is 1. The van der Waals surface area contributed by atoms with E-state index in [4.69, 9.17) is 9.47 Å². The number of anilines is 1. The summed E-state index contributed by atoms with van der Waals surface area (Å²) in [6, 6.07) is 0. The summed E-state index contributed by atoms with van der Waals surface area (Å²) in [6.45, 7) is 16.9. The number of amides is 2. The summed E-state index contributed by atoms with van der Waals surface area (Å²) in [5.41, 5.74) is -0.874. The molecule has 0 aliphatic carbocycles. The number of piperazine rings is 2. The van der Waals surface area contributed by atoms with Crippen LogP contribution in [0.1, 0.15) is 51.2 Å². The van der Waals surface area contributed by atoms with Crippen molar-refractivity contribution in [3.63, 3.8) is 0 Å². The van der Waals surface area contributed by atoms with E-state index in [9.17, 15) is 14.4 Å². The Bertz CT molecular complexity index is 849. The van der Waals surface area contributed by atoms with Gasteiger partial charge in [-0.3, -0.25) is 0 Å². The SMILES string of the molecule is CC(C)(C)OC(=O)N1CCNCC1.COC(=O)c1cnc(N2CCN(C(=O)OC(C)(C)C)CC2)s1. The fourth-order valence-corrected chi connectivity index (χ4v) is 4.07. The van der Waals surface area contributed by atoms with Gasteiger partial charge in [-0.1, -0.05) is 11.3 Å². The lowest BCUT2D eigenvalue weighted by Gasteiger charge is -2.35. The molecule has 198 valence electrons. The number of nitrogens with one attached hydrogen (secondary N) is 1. The fourth-order valence-electron chi connectivity index (χ4n) is 3.19. The molecule has 2 fully saturated rings. The van der Waals surface area contributed by atoms with E-state index in [2.05, 4.69) is 19.9 Å². The van der Waals surface area contributed by atoms with Gasteiger partial charge in [0.2, 0.25) is 0 Å². The molecule has 0 atom stereocenters. The van der Waals surface area contributed by atoms with Crippen LogP contribution in [0.15, 0.2) is 6.20 Å². The molecule has 1 aromatic heterocycles. The number of aromatic nitrogens is 1. The van der Waals surface area contributed by atoms with E-state index in [0.717, 1.165) is 31.3 Å². The molecule has 11 nitrogen and oxygen atoms in total. The van der Waals surface area contributed by atoms with Crippen LogP contribution in [0.2, 0.25) is 0 Å². The second-order valence-electron chi connectivity index (χ2n) is 10.2. The first-order valence-corrected chi connectivity index (χ1v) is 12.6. The molecule has 0 radical (unpaired) electrons. The molecular formula is C23H39N5O6S. The third kappa shape index (κ3) is 9.88. The lowest BCUT2D eigenvalue weighted by Crippen LogP contribution is -2.50. The standard InChI is InChI=1S/C14H21N3O4S.C9H18N2O2/c1-14(2,3)21-13(19)17-7-5-16(6-8-17)12-15-9-10(22-12)11(18)20-4;1-9(2,3)13-8(12)11-6-4-10-5-7-11/h9H,5-8H2,1-4H3;10H,4-7H2,1-3H3. The van der Waals surface area contributed by atoms with Crippen molar-refractivity contribution in [3.05, 3.63) is 11.1 Å². The van der Waals surface area contributed by atoms with Crippen LogP contribution < -0.4 is 10.2 Å². The van der Waals surface area contributed by atoms with Crippen LogP contribution in [0.25, 0.3) is 0 Å². The highest BCUT2D eigenvalue weighted by atomic mass is 32.1. The molecule has 3 rings (SSSR count). The second-order valence-corrected chi connectivity index (χ2v) is 11.2. The quantitative estimate of drug-likeness (QED) is 0.471. The van der Waals surface area contributed by atoms with Gasteiger partial charge >= 0.3 is 18.2 Å². The molecule has 2 aliphatic heterocycles. The Morgan fingerprint density at radius 2 is 1.34 bits per heavy atom. The summed E-state index contributed by atoms with van der Waals surface area (Å²) in [7, 11) is 1.35. The van der Waals surface area contributed by atoms with Gasteiger partial charge in [-0.2, -0.15) is 0 Å². The van der Waals surface area contributed by atoms with Gasteiger partial charge in [-0.15, -0.1) is 0 Å². The van der Waals surface area contributed by atoms with Crippen LogP contribution in [-0.2, 0) is 14.2 Å². The number of nitrogens with zero attached hydrogens (tertiary/aromatic N) is 4. The molecule has 0 bridgehead atoms. The summed E-state index contributed by atoms with van der Waals surface area (Å²) in [5, 5.41) is 3.95.